The molecule has 170 valence electrons. The first-order valence-electron chi connectivity index (χ1n) is 13.3. The van der Waals surface area contributed by atoms with E-state index in [0.717, 1.165) is 42.4 Å². The van der Waals surface area contributed by atoms with Crippen LogP contribution in [0.2, 0.25) is 0 Å². The summed E-state index contributed by atoms with van der Waals surface area (Å²) < 4.78 is 0. The molecule has 0 saturated heterocycles. The van der Waals surface area contributed by atoms with Crippen molar-refractivity contribution in [3.63, 3.8) is 0 Å². The first-order valence-corrected chi connectivity index (χ1v) is 13.3. The SMILES string of the molecule is CC[C@H](C=C[C@H](C)[C@H]1CC[C@H]2C3=CC[C@H]4C[C@@H](O)CC[C@]4(C)[C@H]3CC[C@]12C)C(C)C. The van der Waals surface area contributed by atoms with Crippen LogP contribution in [0.4, 0.5) is 0 Å². The lowest BCUT2D eigenvalue weighted by Crippen LogP contribution is -2.49. The maximum atomic E-state index is 10.3. The smallest absolute Gasteiger partial charge is 0.0543 e. The van der Waals surface area contributed by atoms with Gasteiger partial charge in [0.2, 0.25) is 0 Å². The van der Waals surface area contributed by atoms with Crippen molar-refractivity contribution in [1.82, 2.24) is 0 Å². The molecule has 0 spiro atoms. The molecule has 0 radical (unpaired) electrons. The number of aliphatic hydroxyl groups is 1. The Labute approximate surface area is 186 Å². The lowest BCUT2D eigenvalue weighted by atomic mass is 9.47. The Morgan fingerprint density at radius 2 is 1.70 bits per heavy atom. The predicted octanol–water partition coefficient (Wildman–Crippen LogP) is 7.80. The van der Waals surface area contributed by atoms with Gasteiger partial charge in [0.1, 0.15) is 0 Å². The van der Waals surface area contributed by atoms with Crippen molar-refractivity contribution in [2.75, 3.05) is 0 Å². The highest BCUT2D eigenvalue weighted by Crippen LogP contribution is 2.66. The number of hydrogen-bond donors (Lipinski definition) is 1. The minimum Gasteiger partial charge on any atom is -0.393 e. The van der Waals surface area contributed by atoms with Gasteiger partial charge < -0.3 is 5.11 Å². The zero-order valence-corrected chi connectivity index (χ0v) is 20.7. The molecule has 0 aromatic heterocycles. The number of hydrogen-bond acceptors (Lipinski definition) is 1. The first kappa shape index (κ1) is 22.6. The molecule has 9 atom stereocenters. The Balaban J connectivity index is 1.53. The van der Waals surface area contributed by atoms with Crippen LogP contribution in [-0.4, -0.2) is 11.2 Å². The summed E-state index contributed by atoms with van der Waals surface area (Å²) in [5, 5.41) is 10.3. The van der Waals surface area contributed by atoms with Crippen molar-refractivity contribution in [2.45, 2.75) is 105 Å². The Bertz CT molecular complexity index is 674. The van der Waals surface area contributed by atoms with Crippen molar-refractivity contribution < 1.29 is 5.11 Å². The molecule has 0 heterocycles. The molecule has 30 heavy (non-hydrogen) atoms. The average molecular weight is 413 g/mol. The van der Waals surface area contributed by atoms with Crippen molar-refractivity contribution >= 4 is 0 Å². The molecular formula is C29H48O. The summed E-state index contributed by atoms with van der Waals surface area (Å²) in [4.78, 5) is 0. The van der Waals surface area contributed by atoms with E-state index in [9.17, 15) is 5.11 Å². The molecule has 3 fully saturated rings. The molecule has 1 nitrogen and oxygen atoms in total. The minimum atomic E-state index is -0.0480. The fourth-order valence-corrected chi connectivity index (χ4v) is 8.68. The minimum absolute atomic E-state index is 0.0480. The quantitative estimate of drug-likeness (QED) is 0.457. The molecule has 4 rings (SSSR count). The molecule has 0 aliphatic heterocycles. The van der Waals surface area contributed by atoms with Gasteiger partial charge in [-0.05, 0) is 110 Å². The molecule has 0 amide bonds. The van der Waals surface area contributed by atoms with Gasteiger partial charge in [-0.25, -0.2) is 0 Å². The van der Waals surface area contributed by atoms with Gasteiger partial charge >= 0.3 is 0 Å². The third-order valence-corrected chi connectivity index (χ3v) is 10.7. The predicted molar refractivity (Wildman–Crippen MR) is 128 cm³/mol. The second-order valence-corrected chi connectivity index (χ2v) is 12.5. The fourth-order valence-electron chi connectivity index (χ4n) is 8.68. The number of aliphatic hydroxyl groups excluding tert-OH is 1. The first-order chi connectivity index (χ1) is 14.2. The fraction of sp³-hybridized carbons (Fsp3) is 0.862. The molecule has 1 N–H and O–H groups in total. The van der Waals surface area contributed by atoms with Crippen LogP contribution in [0.5, 0.6) is 0 Å². The molecular weight excluding hydrogens is 364 g/mol. The lowest BCUT2D eigenvalue weighted by Gasteiger charge is -2.57. The normalized spacial score (nSPS) is 45.6. The highest BCUT2D eigenvalue weighted by atomic mass is 16.3. The van der Waals surface area contributed by atoms with Crippen LogP contribution >= 0.6 is 0 Å². The number of allylic oxidation sites excluding steroid dienone is 4. The second kappa shape index (κ2) is 8.42. The lowest BCUT2D eigenvalue weighted by molar-refractivity contribution is -0.0414. The summed E-state index contributed by atoms with van der Waals surface area (Å²) >= 11 is 0. The summed E-state index contributed by atoms with van der Waals surface area (Å²) in [6.45, 7) is 14.8. The van der Waals surface area contributed by atoms with E-state index in [2.05, 4.69) is 59.8 Å². The van der Waals surface area contributed by atoms with E-state index in [1.165, 1.54) is 44.9 Å². The summed E-state index contributed by atoms with van der Waals surface area (Å²) in [5.41, 5.74) is 2.79. The van der Waals surface area contributed by atoms with Crippen LogP contribution in [-0.2, 0) is 0 Å². The van der Waals surface area contributed by atoms with E-state index in [1.807, 2.05) is 5.57 Å². The van der Waals surface area contributed by atoms with E-state index in [4.69, 9.17) is 0 Å². The van der Waals surface area contributed by atoms with E-state index in [0.29, 0.717) is 22.7 Å². The molecule has 0 bridgehead atoms. The maximum Gasteiger partial charge on any atom is 0.0543 e. The van der Waals surface area contributed by atoms with E-state index in [1.54, 1.807) is 0 Å². The van der Waals surface area contributed by atoms with Gasteiger partial charge in [-0.2, -0.15) is 0 Å². The summed E-state index contributed by atoms with van der Waals surface area (Å²) in [6, 6.07) is 0. The third kappa shape index (κ3) is 3.66. The Hall–Kier alpha value is -0.560. The van der Waals surface area contributed by atoms with Gasteiger partial charge in [-0.15, -0.1) is 0 Å². The monoisotopic (exact) mass is 412 g/mol. The highest BCUT2D eigenvalue weighted by Gasteiger charge is 2.57. The summed E-state index contributed by atoms with van der Waals surface area (Å²) in [7, 11) is 0. The van der Waals surface area contributed by atoms with Gasteiger partial charge in [-0.1, -0.05) is 65.3 Å². The third-order valence-electron chi connectivity index (χ3n) is 10.7. The standard InChI is InChI=1S/C29H48O/c1-7-21(19(2)3)9-8-20(4)25-12-13-26-24-11-10-22-18-23(30)14-16-28(22,5)27(24)15-17-29(25,26)6/h8-9,11,19-23,25-27,30H,7,10,12-18H2,1-6H3/t20-,21+,22-,23-,25+,26-,27-,28-,29+/m0/s1. The van der Waals surface area contributed by atoms with Crippen LogP contribution < -0.4 is 0 Å². The van der Waals surface area contributed by atoms with Gasteiger partial charge in [0.15, 0.2) is 0 Å². The zero-order chi connectivity index (χ0) is 21.7. The van der Waals surface area contributed by atoms with Gasteiger partial charge in [0.05, 0.1) is 6.10 Å². The largest absolute Gasteiger partial charge is 0.393 e. The molecule has 0 unspecified atom stereocenters. The molecule has 0 aromatic carbocycles. The molecule has 4 aliphatic rings. The van der Waals surface area contributed by atoms with Crippen molar-refractivity contribution in [3.8, 4) is 0 Å². The van der Waals surface area contributed by atoms with Crippen LogP contribution in [0, 0.1) is 52.3 Å². The van der Waals surface area contributed by atoms with Gasteiger partial charge in [-0.3, -0.25) is 0 Å². The van der Waals surface area contributed by atoms with E-state index in [-0.39, 0.29) is 6.10 Å². The second-order valence-electron chi connectivity index (χ2n) is 12.5. The molecule has 0 aromatic rings. The maximum absolute atomic E-state index is 10.3. The van der Waals surface area contributed by atoms with Crippen molar-refractivity contribution in [2.24, 2.45) is 52.3 Å². The number of fused-ring (bicyclic) bond motifs is 5. The van der Waals surface area contributed by atoms with Gasteiger partial charge in [0, 0.05) is 0 Å². The van der Waals surface area contributed by atoms with Crippen LogP contribution in [0.1, 0.15) is 99.3 Å². The van der Waals surface area contributed by atoms with Crippen LogP contribution in [0.15, 0.2) is 23.8 Å². The van der Waals surface area contributed by atoms with Crippen LogP contribution in [0.3, 0.4) is 0 Å². The van der Waals surface area contributed by atoms with Crippen molar-refractivity contribution in [3.05, 3.63) is 23.8 Å². The van der Waals surface area contributed by atoms with E-state index >= 15 is 0 Å². The number of rotatable bonds is 5. The summed E-state index contributed by atoms with van der Waals surface area (Å²) in [6.07, 6.45) is 19.2. The Morgan fingerprint density at radius 1 is 1.00 bits per heavy atom. The highest BCUT2D eigenvalue weighted by molar-refractivity contribution is 5.28. The van der Waals surface area contributed by atoms with Crippen molar-refractivity contribution in [1.29, 1.82) is 0 Å². The summed E-state index contributed by atoms with van der Waals surface area (Å²) in [5.74, 6) is 5.32. The van der Waals surface area contributed by atoms with Crippen LogP contribution in [0.25, 0.3) is 0 Å². The van der Waals surface area contributed by atoms with Gasteiger partial charge in [0.25, 0.3) is 0 Å². The topological polar surface area (TPSA) is 20.2 Å². The molecule has 4 aliphatic carbocycles. The Morgan fingerprint density at radius 3 is 2.40 bits per heavy atom. The molecule has 1 heteroatoms. The van der Waals surface area contributed by atoms with E-state index < -0.39 is 0 Å². The average Bonchev–Trinajstić information content (AvgIpc) is 3.06. The molecule has 3 saturated carbocycles. The Kier molecular flexibility index (Phi) is 6.35. The zero-order valence-electron chi connectivity index (χ0n) is 20.7.